The van der Waals surface area contributed by atoms with Gasteiger partial charge >= 0.3 is 0 Å². The predicted molar refractivity (Wildman–Crippen MR) is 90.4 cm³/mol. The number of rotatable bonds is 5. The van der Waals surface area contributed by atoms with Gasteiger partial charge in [0.25, 0.3) is 11.6 Å². The van der Waals surface area contributed by atoms with Crippen LogP contribution >= 0.6 is 11.6 Å². The normalized spacial score (nSPS) is 10.0. The number of hydrogen-bond donors (Lipinski definition) is 2. The second-order valence-electron chi connectivity index (χ2n) is 4.95. The Labute approximate surface area is 147 Å². The van der Waals surface area contributed by atoms with Gasteiger partial charge in [-0.2, -0.15) is 0 Å². The molecule has 9 heteroatoms. The number of methoxy groups -OCH3 is 1. The van der Waals surface area contributed by atoms with Gasteiger partial charge in [0.2, 0.25) is 5.91 Å². The molecule has 0 aromatic heterocycles. The van der Waals surface area contributed by atoms with Gasteiger partial charge in [-0.05, 0) is 23.8 Å². The Hall–Kier alpha value is -3.13. The summed E-state index contributed by atoms with van der Waals surface area (Å²) in [6.45, 7) is 0. The summed E-state index contributed by atoms with van der Waals surface area (Å²) in [7, 11) is 1.33. The molecule has 2 aromatic rings. The highest BCUT2D eigenvalue weighted by Gasteiger charge is 2.18. The number of nitrogens with zero attached hydrogens (tertiary/aromatic N) is 1. The fourth-order valence-corrected chi connectivity index (χ4v) is 2.14. The monoisotopic (exact) mass is 363 g/mol. The average molecular weight is 364 g/mol. The third kappa shape index (κ3) is 4.92. The maximum Gasteiger partial charge on any atom is 0.273 e. The summed E-state index contributed by atoms with van der Waals surface area (Å²) in [5, 5.41) is 11.4. The van der Waals surface area contributed by atoms with E-state index in [9.17, 15) is 19.7 Å². The first kappa shape index (κ1) is 18.2. The third-order valence-corrected chi connectivity index (χ3v) is 3.48. The molecule has 0 radical (unpaired) electrons. The molecule has 8 nitrogen and oxygen atoms in total. The SMILES string of the molecule is COc1ccc([N+](=O)[O-])cc1C(=O)NNC(=O)Cc1ccc(Cl)cc1. The van der Waals surface area contributed by atoms with Crippen LogP contribution in [0, 0.1) is 10.1 Å². The van der Waals surface area contributed by atoms with Crippen molar-refractivity contribution in [3.8, 4) is 5.75 Å². The van der Waals surface area contributed by atoms with E-state index in [1.54, 1.807) is 24.3 Å². The Morgan fingerprint density at radius 3 is 2.44 bits per heavy atom. The number of non-ortho nitro benzene ring substituents is 1. The molecule has 0 saturated carbocycles. The molecular weight excluding hydrogens is 350 g/mol. The van der Waals surface area contributed by atoms with Crippen LogP contribution in [0.5, 0.6) is 5.75 Å². The van der Waals surface area contributed by atoms with Gasteiger partial charge in [-0.25, -0.2) is 0 Å². The highest BCUT2D eigenvalue weighted by molar-refractivity contribution is 6.30. The van der Waals surface area contributed by atoms with Crippen molar-refractivity contribution in [1.82, 2.24) is 10.9 Å². The fourth-order valence-electron chi connectivity index (χ4n) is 2.01. The summed E-state index contributed by atoms with van der Waals surface area (Å²) >= 11 is 5.76. The number of ether oxygens (including phenoxy) is 1. The number of halogens is 1. The lowest BCUT2D eigenvalue weighted by Crippen LogP contribution is -2.42. The van der Waals surface area contributed by atoms with Crippen molar-refractivity contribution in [3.63, 3.8) is 0 Å². The Balaban J connectivity index is 2.01. The highest BCUT2D eigenvalue weighted by atomic mass is 35.5. The number of nitro benzene ring substituents is 1. The second-order valence-corrected chi connectivity index (χ2v) is 5.38. The number of amides is 2. The molecule has 2 aromatic carbocycles. The molecule has 0 spiro atoms. The molecular formula is C16H14ClN3O5. The van der Waals surface area contributed by atoms with Gasteiger partial charge in [0.15, 0.2) is 0 Å². The molecule has 0 unspecified atom stereocenters. The first-order valence-corrected chi connectivity index (χ1v) is 7.44. The van der Waals surface area contributed by atoms with E-state index in [-0.39, 0.29) is 23.4 Å². The summed E-state index contributed by atoms with van der Waals surface area (Å²) in [5.41, 5.74) is 4.83. The molecule has 130 valence electrons. The number of benzene rings is 2. The van der Waals surface area contributed by atoms with Gasteiger partial charge in [-0.15, -0.1) is 0 Å². The van der Waals surface area contributed by atoms with Crippen LogP contribution in [0.2, 0.25) is 5.02 Å². The summed E-state index contributed by atoms with van der Waals surface area (Å²) in [6, 6.07) is 10.3. The Bertz CT molecular complexity index is 808. The molecule has 2 amide bonds. The van der Waals surface area contributed by atoms with Crippen LogP contribution in [0.1, 0.15) is 15.9 Å². The lowest BCUT2D eigenvalue weighted by Gasteiger charge is -2.10. The van der Waals surface area contributed by atoms with Crippen LogP contribution in [0.15, 0.2) is 42.5 Å². The third-order valence-electron chi connectivity index (χ3n) is 3.23. The van der Waals surface area contributed by atoms with Gasteiger partial charge in [0.05, 0.1) is 24.0 Å². The van der Waals surface area contributed by atoms with Crippen molar-refractivity contribution in [2.24, 2.45) is 0 Å². The molecule has 0 aliphatic rings. The number of carbonyl (C=O) groups excluding carboxylic acids is 2. The number of hydrogen-bond acceptors (Lipinski definition) is 5. The first-order valence-electron chi connectivity index (χ1n) is 7.06. The van der Waals surface area contributed by atoms with E-state index in [0.717, 1.165) is 6.07 Å². The Kier molecular flexibility index (Phi) is 5.91. The van der Waals surface area contributed by atoms with Crippen LogP contribution in [0.4, 0.5) is 5.69 Å². The molecule has 25 heavy (non-hydrogen) atoms. The lowest BCUT2D eigenvalue weighted by atomic mass is 10.1. The van der Waals surface area contributed by atoms with Gasteiger partial charge in [-0.1, -0.05) is 23.7 Å². The topological polar surface area (TPSA) is 111 Å². The van der Waals surface area contributed by atoms with Crippen molar-refractivity contribution in [1.29, 1.82) is 0 Å². The minimum Gasteiger partial charge on any atom is -0.496 e. The molecule has 0 aliphatic heterocycles. The molecule has 2 rings (SSSR count). The minimum absolute atomic E-state index is 0.0313. The van der Waals surface area contributed by atoms with E-state index in [4.69, 9.17) is 16.3 Å². The molecule has 0 aliphatic carbocycles. The fraction of sp³-hybridized carbons (Fsp3) is 0.125. The molecule has 0 atom stereocenters. The van der Waals surface area contributed by atoms with Crippen molar-refractivity contribution in [2.75, 3.05) is 7.11 Å². The van der Waals surface area contributed by atoms with E-state index >= 15 is 0 Å². The van der Waals surface area contributed by atoms with Crippen molar-refractivity contribution in [2.45, 2.75) is 6.42 Å². The summed E-state index contributed by atoms with van der Waals surface area (Å²) in [4.78, 5) is 34.2. The summed E-state index contributed by atoms with van der Waals surface area (Å²) in [5.74, 6) is -1.04. The highest BCUT2D eigenvalue weighted by Crippen LogP contribution is 2.23. The van der Waals surface area contributed by atoms with Crippen molar-refractivity contribution in [3.05, 3.63) is 68.7 Å². The van der Waals surface area contributed by atoms with Crippen LogP contribution < -0.4 is 15.6 Å². The quantitative estimate of drug-likeness (QED) is 0.625. The zero-order valence-electron chi connectivity index (χ0n) is 13.1. The van der Waals surface area contributed by atoms with Crippen molar-refractivity contribution >= 4 is 29.1 Å². The smallest absolute Gasteiger partial charge is 0.273 e. The van der Waals surface area contributed by atoms with E-state index in [2.05, 4.69) is 10.9 Å². The standard InChI is InChI=1S/C16H14ClN3O5/c1-25-14-7-6-12(20(23)24)9-13(14)16(22)19-18-15(21)8-10-2-4-11(17)5-3-10/h2-7,9H,8H2,1H3,(H,18,21)(H,19,22). The number of hydrazine groups is 1. The lowest BCUT2D eigenvalue weighted by molar-refractivity contribution is -0.384. The average Bonchev–Trinajstić information content (AvgIpc) is 2.61. The molecule has 0 saturated heterocycles. The number of carbonyl (C=O) groups is 2. The van der Waals surface area contributed by atoms with Gasteiger partial charge in [0, 0.05) is 17.2 Å². The van der Waals surface area contributed by atoms with Crippen LogP contribution in [-0.2, 0) is 11.2 Å². The van der Waals surface area contributed by atoms with E-state index in [0.29, 0.717) is 10.6 Å². The summed E-state index contributed by atoms with van der Waals surface area (Å²) < 4.78 is 5.01. The predicted octanol–water partition coefficient (Wildman–Crippen LogP) is 2.26. The molecule has 0 fully saturated rings. The number of nitrogens with one attached hydrogen (secondary N) is 2. The van der Waals surface area contributed by atoms with Crippen LogP contribution in [0.3, 0.4) is 0 Å². The van der Waals surface area contributed by atoms with E-state index in [1.165, 1.54) is 19.2 Å². The maximum absolute atomic E-state index is 12.2. The molecule has 2 N–H and O–H groups in total. The van der Waals surface area contributed by atoms with Crippen LogP contribution in [0.25, 0.3) is 0 Å². The number of nitro groups is 1. The van der Waals surface area contributed by atoms with Gasteiger partial charge in [0.1, 0.15) is 5.75 Å². The van der Waals surface area contributed by atoms with Crippen LogP contribution in [-0.4, -0.2) is 23.8 Å². The van der Waals surface area contributed by atoms with Crippen molar-refractivity contribution < 1.29 is 19.2 Å². The maximum atomic E-state index is 12.2. The first-order chi connectivity index (χ1) is 11.9. The zero-order chi connectivity index (χ0) is 18.4. The van der Waals surface area contributed by atoms with E-state index < -0.39 is 16.7 Å². The van der Waals surface area contributed by atoms with E-state index in [1.807, 2.05) is 0 Å². The Morgan fingerprint density at radius 1 is 1.16 bits per heavy atom. The minimum atomic E-state index is -0.731. The zero-order valence-corrected chi connectivity index (χ0v) is 13.9. The summed E-state index contributed by atoms with van der Waals surface area (Å²) in [6.07, 6.45) is 0.0313. The largest absolute Gasteiger partial charge is 0.496 e. The molecule has 0 heterocycles. The van der Waals surface area contributed by atoms with Gasteiger partial charge in [-0.3, -0.25) is 30.6 Å². The Morgan fingerprint density at radius 2 is 1.84 bits per heavy atom. The second kappa shape index (κ2) is 8.11. The van der Waals surface area contributed by atoms with Gasteiger partial charge < -0.3 is 4.74 Å². The molecule has 0 bridgehead atoms.